The molecule has 1 aliphatic rings. The summed E-state index contributed by atoms with van der Waals surface area (Å²) in [4.78, 5) is 33.5. The number of rotatable bonds is 5. The van der Waals surface area contributed by atoms with Crippen molar-refractivity contribution in [1.82, 2.24) is 29.1 Å². The largest absolute Gasteiger partial charge is 0.278 e. The van der Waals surface area contributed by atoms with Gasteiger partial charge >= 0.3 is 0 Å². The quantitative estimate of drug-likeness (QED) is 0.366. The SMILES string of the molecule is C=CCn1c(=O)c2cnc(SC)nc2n1-c1ccc(=O)n(C2CC(F)(F)C2)n1. The van der Waals surface area contributed by atoms with Gasteiger partial charge in [-0.15, -0.1) is 11.7 Å². The Kier molecular flexibility index (Phi) is 4.41. The zero-order valence-electron chi connectivity index (χ0n) is 14.9. The predicted molar refractivity (Wildman–Crippen MR) is 100 cm³/mol. The van der Waals surface area contributed by atoms with Crippen molar-refractivity contribution in [1.29, 1.82) is 0 Å². The van der Waals surface area contributed by atoms with Crippen molar-refractivity contribution in [3.8, 4) is 5.82 Å². The Balaban J connectivity index is 1.93. The van der Waals surface area contributed by atoms with Crippen LogP contribution in [0.15, 0.2) is 45.7 Å². The van der Waals surface area contributed by atoms with Gasteiger partial charge in [0.2, 0.25) is 0 Å². The molecule has 1 saturated carbocycles. The van der Waals surface area contributed by atoms with Crippen LogP contribution in [0.25, 0.3) is 16.9 Å². The topological polar surface area (TPSA) is 87.6 Å². The maximum Gasteiger partial charge on any atom is 0.278 e. The third-order valence-corrected chi connectivity index (χ3v) is 5.14. The van der Waals surface area contributed by atoms with E-state index in [1.54, 1.807) is 12.3 Å². The number of aromatic nitrogens is 6. The van der Waals surface area contributed by atoms with Gasteiger partial charge in [-0.1, -0.05) is 17.8 Å². The minimum absolute atomic E-state index is 0.173. The van der Waals surface area contributed by atoms with Gasteiger partial charge in [-0.2, -0.15) is 0 Å². The lowest BCUT2D eigenvalue weighted by Gasteiger charge is -2.35. The number of halogens is 2. The molecule has 0 spiro atoms. The summed E-state index contributed by atoms with van der Waals surface area (Å²) in [5, 5.41) is 5.01. The van der Waals surface area contributed by atoms with Crippen molar-refractivity contribution in [2.45, 2.75) is 36.5 Å². The van der Waals surface area contributed by atoms with Gasteiger partial charge < -0.3 is 0 Å². The molecule has 0 N–H and O–H groups in total. The van der Waals surface area contributed by atoms with Gasteiger partial charge in [0.1, 0.15) is 5.39 Å². The van der Waals surface area contributed by atoms with Gasteiger partial charge in [0, 0.05) is 25.1 Å². The van der Waals surface area contributed by atoms with Crippen LogP contribution in [0.4, 0.5) is 8.78 Å². The highest BCUT2D eigenvalue weighted by Crippen LogP contribution is 2.44. The highest BCUT2D eigenvalue weighted by atomic mass is 32.2. The van der Waals surface area contributed by atoms with Crippen LogP contribution < -0.4 is 11.1 Å². The van der Waals surface area contributed by atoms with Gasteiger partial charge in [0.05, 0.1) is 12.6 Å². The van der Waals surface area contributed by atoms with Crippen LogP contribution >= 0.6 is 11.8 Å². The lowest BCUT2D eigenvalue weighted by Crippen LogP contribution is -2.42. The van der Waals surface area contributed by atoms with Crippen molar-refractivity contribution in [2.75, 3.05) is 6.26 Å². The standard InChI is InChI=1S/C17H16F2N6O2S/c1-3-6-23-15(27)11-9-20-16(28-2)21-14(11)25(23)12-4-5-13(26)24(22-12)10-7-17(18,19)8-10/h3-5,9-10H,1,6-8H2,2H3. The van der Waals surface area contributed by atoms with Gasteiger partial charge in [0.15, 0.2) is 16.6 Å². The fraction of sp³-hybridized carbons (Fsp3) is 0.353. The molecule has 0 radical (unpaired) electrons. The van der Waals surface area contributed by atoms with E-state index in [0.29, 0.717) is 10.8 Å². The Bertz CT molecular complexity index is 1190. The fourth-order valence-corrected chi connectivity index (χ4v) is 3.56. The molecule has 4 rings (SSSR count). The molecule has 146 valence electrons. The molecule has 1 fully saturated rings. The van der Waals surface area contributed by atoms with Crippen LogP contribution in [-0.4, -0.2) is 41.3 Å². The summed E-state index contributed by atoms with van der Waals surface area (Å²) in [6.45, 7) is 3.83. The molecule has 28 heavy (non-hydrogen) atoms. The lowest BCUT2D eigenvalue weighted by atomic mass is 9.88. The molecule has 0 unspecified atom stereocenters. The minimum Gasteiger partial charge on any atom is -0.268 e. The van der Waals surface area contributed by atoms with Crippen LogP contribution in [0.2, 0.25) is 0 Å². The zero-order chi connectivity index (χ0) is 20.1. The van der Waals surface area contributed by atoms with Gasteiger partial charge in [-0.05, 0) is 12.3 Å². The number of allylic oxidation sites excluding steroid dienone is 1. The van der Waals surface area contributed by atoms with E-state index in [0.717, 1.165) is 4.68 Å². The first-order valence-electron chi connectivity index (χ1n) is 8.46. The second kappa shape index (κ2) is 6.66. The summed E-state index contributed by atoms with van der Waals surface area (Å²) in [6.07, 6.45) is 3.92. The molecule has 0 bridgehead atoms. The summed E-state index contributed by atoms with van der Waals surface area (Å²) >= 11 is 1.31. The molecular formula is C17H16F2N6O2S. The third-order valence-electron chi connectivity index (χ3n) is 4.58. The predicted octanol–water partition coefficient (Wildman–Crippen LogP) is 2.02. The summed E-state index contributed by atoms with van der Waals surface area (Å²) in [6, 6.07) is 2.01. The van der Waals surface area contributed by atoms with Gasteiger partial charge in [-0.3, -0.25) is 9.59 Å². The van der Waals surface area contributed by atoms with E-state index in [-0.39, 0.29) is 23.3 Å². The molecule has 0 amide bonds. The maximum atomic E-state index is 13.3. The van der Waals surface area contributed by atoms with E-state index < -0.39 is 30.4 Å². The van der Waals surface area contributed by atoms with E-state index in [9.17, 15) is 18.4 Å². The smallest absolute Gasteiger partial charge is 0.268 e. The van der Waals surface area contributed by atoms with Crippen molar-refractivity contribution >= 4 is 22.8 Å². The van der Waals surface area contributed by atoms with E-state index >= 15 is 0 Å². The zero-order valence-corrected chi connectivity index (χ0v) is 15.7. The van der Waals surface area contributed by atoms with E-state index in [4.69, 9.17) is 0 Å². The molecule has 3 aromatic rings. The first kappa shape index (κ1) is 18.5. The molecule has 1 aliphatic carbocycles. The monoisotopic (exact) mass is 406 g/mol. The van der Waals surface area contributed by atoms with Crippen LogP contribution in [0.1, 0.15) is 18.9 Å². The van der Waals surface area contributed by atoms with Crippen LogP contribution in [0.5, 0.6) is 0 Å². The van der Waals surface area contributed by atoms with Crippen molar-refractivity contribution in [2.24, 2.45) is 0 Å². The normalized spacial score (nSPS) is 16.2. The maximum absolute atomic E-state index is 13.3. The summed E-state index contributed by atoms with van der Waals surface area (Å²) in [5.74, 6) is -2.55. The lowest BCUT2D eigenvalue weighted by molar-refractivity contribution is -0.108. The van der Waals surface area contributed by atoms with E-state index in [1.807, 2.05) is 0 Å². The van der Waals surface area contributed by atoms with Crippen LogP contribution in [-0.2, 0) is 6.54 Å². The van der Waals surface area contributed by atoms with Crippen molar-refractivity contribution < 1.29 is 8.78 Å². The summed E-state index contributed by atoms with van der Waals surface area (Å²) < 4.78 is 30.4. The molecule has 0 atom stereocenters. The first-order valence-corrected chi connectivity index (χ1v) is 9.68. The number of thioether (sulfide) groups is 1. The minimum atomic E-state index is -2.78. The molecule has 3 aromatic heterocycles. The second-order valence-electron chi connectivity index (χ2n) is 6.47. The second-order valence-corrected chi connectivity index (χ2v) is 7.25. The molecule has 3 heterocycles. The highest BCUT2D eigenvalue weighted by molar-refractivity contribution is 7.98. The van der Waals surface area contributed by atoms with Crippen LogP contribution in [0, 0.1) is 0 Å². The average molecular weight is 406 g/mol. The molecule has 0 aliphatic heterocycles. The Morgan fingerprint density at radius 3 is 2.75 bits per heavy atom. The molecule has 0 aromatic carbocycles. The number of alkyl halides is 2. The molecule has 0 saturated heterocycles. The highest BCUT2D eigenvalue weighted by Gasteiger charge is 2.47. The van der Waals surface area contributed by atoms with Crippen molar-refractivity contribution in [3.05, 3.63) is 51.7 Å². The molecule has 11 heteroatoms. The summed E-state index contributed by atoms with van der Waals surface area (Å²) in [5.41, 5.74) is -0.488. The van der Waals surface area contributed by atoms with Crippen molar-refractivity contribution in [3.63, 3.8) is 0 Å². The van der Waals surface area contributed by atoms with Gasteiger partial charge in [-0.25, -0.2) is 32.8 Å². The Morgan fingerprint density at radius 1 is 1.36 bits per heavy atom. The Labute approximate surface area is 161 Å². The summed E-state index contributed by atoms with van der Waals surface area (Å²) in [7, 11) is 0. The fourth-order valence-electron chi connectivity index (χ4n) is 3.22. The number of hydrogen-bond donors (Lipinski definition) is 0. The Hall–Kier alpha value is -2.82. The van der Waals surface area contributed by atoms with Crippen LogP contribution in [0.3, 0.4) is 0 Å². The number of fused-ring (bicyclic) bond motifs is 1. The third kappa shape index (κ3) is 2.95. The molecular weight excluding hydrogens is 390 g/mol. The number of hydrogen-bond acceptors (Lipinski definition) is 6. The first-order chi connectivity index (χ1) is 13.3. The van der Waals surface area contributed by atoms with E-state index in [1.165, 1.54) is 39.5 Å². The average Bonchev–Trinajstić information content (AvgIpc) is 2.92. The molecule has 8 nitrogen and oxygen atoms in total. The number of nitrogens with zero attached hydrogens (tertiary/aromatic N) is 6. The van der Waals surface area contributed by atoms with Gasteiger partial charge in [0.25, 0.3) is 17.0 Å². The van der Waals surface area contributed by atoms with E-state index in [2.05, 4.69) is 21.6 Å². The Morgan fingerprint density at radius 2 is 2.11 bits per heavy atom.